The molecule has 2 N–H and O–H groups in total. The van der Waals surface area contributed by atoms with Gasteiger partial charge in [0.15, 0.2) is 0 Å². The quantitative estimate of drug-likeness (QED) is 0.753. The first-order valence-electron chi connectivity index (χ1n) is 7.11. The Kier molecular flexibility index (Phi) is 2.13. The third-order valence-corrected chi connectivity index (χ3v) is 5.24. The molecule has 0 saturated heterocycles. The average Bonchev–Trinajstić information content (AvgIpc) is 2.91. The highest BCUT2D eigenvalue weighted by molar-refractivity contribution is 5.81. The summed E-state index contributed by atoms with van der Waals surface area (Å²) in [7, 11) is 0. The van der Waals surface area contributed by atoms with E-state index in [9.17, 15) is 0 Å². The van der Waals surface area contributed by atoms with Crippen LogP contribution in [0.25, 0.3) is 10.9 Å². The van der Waals surface area contributed by atoms with Gasteiger partial charge >= 0.3 is 0 Å². The molecule has 2 aliphatic rings. The monoisotopic (exact) mass is 240 g/mol. The number of para-hydroxylation sites is 1. The number of aryl methyl sites for hydroxylation is 1. The van der Waals surface area contributed by atoms with Crippen molar-refractivity contribution in [1.82, 2.24) is 4.57 Å². The largest absolute Gasteiger partial charge is 0.345 e. The van der Waals surface area contributed by atoms with Crippen molar-refractivity contribution in [3.8, 4) is 0 Å². The third kappa shape index (κ3) is 1.33. The SMILES string of the molecule is NC1CCCC12CCn1c(cc3ccccc31)C2. The second-order valence-corrected chi connectivity index (χ2v) is 6.13. The Morgan fingerprint density at radius 2 is 2.11 bits per heavy atom. The lowest BCUT2D eigenvalue weighted by Crippen LogP contribution is -2.42. The van der Waals surface area contributed by atoms with Crippen molar-refractivity contribution in [2.24, 2.45) is 11.1 Å². The Morgan fingerprint density at radius 3 is 2.94 bits per heavy atom. The van der Waals surface area contributed by atoms with Crippen LogP contribution in [0.15, 0.2) is 30.3 Å². The lowest BCUT2D eigenvalue weighted by molar-refractivity contribution is 0.195. The summed E-state index contributed by atoms with van der Waals surface area (Å²) in [5.41, 5.74) is 9.69. The van der Waals surface area contributed by atoms with Crippen LogP contribution < -0.4 is 5.73 Å². The van der Waals surface area contributed by atoms with Gasteiger partial charge < -0.3 is 10.3 Å². The molecule has 0 bridgehead atoms. The molecule has 18 heavy (non-hydrogen) atoms. The number of aromatic nitrogens is 1. The van der Waals surface area contributed by atoms with Crippen molar-refractivity contribution >= 4 is 10.9 Å². The lowest BCUT2D eigenvalue weighted by atomic mass is 9.74. The van der Waals surface area contributed by atoms with Gasteiger partial charge in [0.2, 0.25) is 0 Å². The molecule has 2 heteroatoms. The summed E-state index contributed by atoms with van der Waals surface area (Å²) in [6.07, 6.45) is 6.32. The van der Waals surface area contributed by atoms with Crippen LogP contribution in [-0.4, -0.2) is 10.6 Å². The predicted molar refractivity (Wildman–Crippen MR) is 74.5 cm³/mol. The normalized spacial score (nSPS) is 31.1. The van der Waals surface area contributed by atoms with Gasteiger partial charge in [0.1, 0.15) is 0 Å². The predicted octanol–water partition coefficient (Wildman–Crippen LogP) is 3.09. The van der Waals surface area contributed by atoms with Gasteiger partial charge in [-0.15, -0.1) is 0 Å². The van der Waals surface area contributed by atoms with Gasteiger partial charge in [0.05, 0.1) is 0 Å². The molecule has 1 aromatic carbocycles. The van der Waals surface area contributed by atoms with Gasteiger partial charge in [-0.25, -0.2) is 0 Å². The zero-order chi connectivity index (χ0) is 12.2. The highest BCUT2D eigenvalue weighted by atomic mass is 15.0. The van der Waals surface area contributed by atoms with Crippen LogP contribution in [0, 0.1) is 5.41 Å². The van der Waals surface area contributed by atoms with Crippen LogP contribution in [0.5, 0.6) is 0 Å². The summed E-state index contributed by atoms with van der Waals surface area (Å²) >= 11 is 0. The minimum Gasteiger partial charge on any atom is -0.345 e. The fourth-order valence-corrected chi connectivity index (χ4v) is 4.16. The topological polar surface area (TPSA) is 30.9 Å². The number of benzene rings is 1. The minimum absolute atomic E-state index is 0.407. The van der Waals surface area contributed by atoms with E-state index >= 15 is 0 Å². The van der Waals surface area contributed by atoms with Crippen molar-refractivity contribution in [1.29, 1.82) is 0 Å². The molecule has 2 atom stereocenters. The zero-order valence-corrected chi connectivity index (χ0v) is 10.7. The van der Waals surface area contributed by atoms with Crippen LogP contribution in [0.3, 0.4) is 0 Å². The number of nitrogens with two attached hydrogens (primary N) is 1. The van der Waals surface area contributed by atoms with Gasteiger partial charge in [-0.3, -0.25) is 0 Å². The molecule has 2 unspecified atom stereocenters. The number of hydrogen-bond acceptors (Lipinski definition) is 1. The number of rotatable bonds is 0. The summed E-state index contributed by atoms with van der Waals surface area (Å²) in [5.74, 6) is 0. The van der Waals surface area contributed by atoms with Crippen LogP contribution in [0.2, 0.25) is 0 Å². The molecule has 0 radical (unpaired) electrons. The molecule has 2 heterocycles. The molecule has 1 aliphatic heterocycles. The van der Waals surface area contributed by atoms with E-state index in [4.69, 9.17) is 5.73 Å². The molecule has 4 rings (SSSR count). The van der Waals surface area contributed by atoms with Crippen molar-refractivity contribution < 1.29 is 0 Å². The van der Waals surface area contributed by atoms with Gasteiger partial charge in [0, 0.05) is 23.8 Å². The molecular formula is C16H20N2. The molecule has 1 fully saturated rings. The van der Waals surface area contributed by atoms with Crippen LogP contribution in [0.1, 0.15) is 31.4 Å². The van der Waals surface area contributed by atoms with Crippen LogP contribution in [-0.2, 0) is 13.0 Å². The van der Waals surface area contributed by atoms with E-state index in [0.717, 1.165) is 6.54 Å². The van der Waals surface area contributed by atoms with Crippen LogP contribution in [0.4, 0.5) is 0 Å². The fourth-order valence-electron chi connectivity index (χ4n) is 4.16. The highest BCUT2D eigenvalue weighted by Gasteiger charge is 2.43. The molecule has 2 aromatic rings. The van der Waals surface area contributed by atoms with E-state index in [-0.39, 0.29) is 0 Å². The first kappa shape index (κ1) is 10.6. The first-order valence-corrected chi connectivity index (χ1v) is 7.11. The molecule has 2 nitrogen and oxygen atoms in total. The van der Waals surface area contributed by atoms with Gasteiger partial charge in [-0.1, -0.05) is 24.6 Å². The van der Waals surface area contributed by atoms with E-state index in [1.807, 2.05) is 0 Å². The number of hydrogen-bond donors (Lipinski definition) is 1. The molecule has 1 aliphatic carbocycles. The number of fused-ring (bicyclic) bond motifs is 3. The maximum Gasteiger partial charge on any atom is 0.0482 e. The standard InChI is InChI=1S/C16H20N2/c17-15-6-3-7-16(15)8-9-18-13(11-16)10-12-4-1-2-5-14(12)18/h1-2,4-5,10,15H,3,6-9,11,17H2. The molecule has 1 saturated carbocycles. The fraction of sp³-hybridized carbons (Fsp3) is 0.500. The Bertz CT molecular complexity index is 598. The molecule has 1 spiro atoms. The van der Waals surface area contributed by atoms with Crippen molar-refractivity contribution in [3.05, 3.63) is 36.0 Å². The van der Waals surface area contributed by atoms with Gasteiger partial charge in [0.25, 0.3) is 0 Å². The second kappa shape index (κ2) is 3.61. The maximum absolute atomic E-state index is 6.39. The third-order valence-electron chi connectivity index (χ3n) is 5.24. The van der Waals surface area contributed by atoms with Gasteiger partial charge in [-0.05, 0) is 48.6 Å². The average molecular weight is 240 g/mol. The maximum atomic E-state index is 6.39. The van der Waals surface area contributed by atoms with E-state index < -0.39 is 0 Å². The Hall–Kier alpha value is -1.28. The van der Waals surface area contributed by atoms with Crippen molar-refractivity contribution in [3.63, 3.8) is 0 Å². The van der Waals surface area contributed by atoms with Crippen molar-refractivity contribution in [2.45, 2.75) is 44.7 Å². The zero-order valence-electron chi connectivity index (χ0n) is 10.7. The summed E-state index contributed by atoms with van der Waals surface area (Å²) in [6.45, 7) is 1.15. The molecule has 94 valence electrons. The molecule has 1 aromatic heterocycles. The summed E-state index contributed by atoms with van der Waals surface area (Å²) < 4.78 is 2.51. The van der Waals surface area contributed by atoms with E-state index in [0.29, 0.717) is 11.5 Å². The Labute approximate surface area is 108 Å². The smallest absolute Gasteiger partial charge is 0.0482 e. The summed E-state index contributed by atoms with van der Waals surface area (Å²) in [5, 5.41) is 1.39. The Morgan fingerprint density at radius 1 is 1.22 bits per heavy atom. The first-order chi connectivity index (χ1) is 8.78. The minimum atomic E-state index is 0.407. The van der Waals surface area contributed by atoms with Crippen LogP contribution >= 0.6 is 0 Å². The highest BCUT2D eigenvalue weighted by Crippen LogP contribution is 2.46. The van der Waals surface area contributed by atoms with E-state index in [2.05, 4.69) is 34.9 Å². The molecular weight excluding hydrogens is 220 g/mol. The van der Waals surface area contributed by atoms with E-state index in [1.54, 1.807) is 0 Å². The second-order valence-electron chi connectivity index (χ2n) is 6.13. The summed E-state index contributed by atoms with van der Waals surface area (Å²) in [6, 6.07) is 11.5. The Balaban J connectivity index is 1.81. The van der Waals surface area contributed by atoms with Crippen molar-refractivity contribution in [2.75, 3.05) is 0 Å². The van der Waals surface area contributed by atoms with Gasteiger partial charge in [-0.2, -0.15) is 0 Å². The summed E-state index contributed by atoms with van der Waals surface area (Å²) in [4.78, 5) is 0. The van der Waals surface area contributed by atoms with E-state index in [1.165, 1.54) is 48.7 Å². The lowest BCUT2D eigenvalue weighted by Gasteiger charge is -2.38. The molecule has 0 amide bonds. The number of nitrogens with zero attached hydrogens (tertiary/aromatic N) is 1.